The van der Waals surface area contributed by atoms with Crippen molar-refractivity contribution in [3.05, 3.63) is 70.8 Å². The number of hydrogen-bond donors (Lipinski definition) is 3. The fraction of sp³-hybridized carbons (Fsp3) is 0.481. The number of halogens is 2. The minimum Gasteiger partial charge on any atom is -0.390 e. The maximum Gasteiger partial charge on any atom is 0.224 e. The molecule has 0 radical (unpaired) electrons. The summed E-state index contributed by atoms with van der Waals surface area (Å²) in [5.74, 6) is -1.48. The van der Waals surface area contributed by atoms with Crippen LogP contribution in [0.5, 0.6) is 0 Å². The zero-order chi connectivity index (χ0) is 25.8. The molecular formula is C27H35F2N3O3. The maximum atomic E-state index is 13.7. The van der Waals surface area contributed by atoms with E-state index in [0.29, 0.717) is 24.4 Å². The van der Waals surface area contributed by atoms with Crippen molar-refractivity contribution < 1.29 is 23.5 Å². The van der Waals surface area contributed by atoms with Crippen LogP contribution >= 0.6 is 0 Å². The summed E-state index contributed by atoms with van der Waals surface area (Å²) in [4.78, 5) is 26.2. The number of hydrogen-bond acceptors (Lipinski definition) is 4. The molecule has 35 heavy (non-hydrogen) atoms. The SMILES string of the molecule is CC(=O)N[C@@H](Cc1cc(F)cc(F)c1)[C@H](O)CN[C@]1(c2cccc(C(C)C)c2)CCN(C)C(=O)C1. The number of rotatable bonds is 9. The van der Waals surface area contributed by atoms with Gasteiger partial charge in [0.15, 0.2) is 0 Å². The van der Waals surface area contributed by atoms with Crippen LogP contribution in [0.25, 0.3) is 0 Å². The normalized spacial score (nSPS) is 20.1. The van der Waals surface area contributed by atoms with Crippen LogP contribution in [0.2, 0.25) is 0 Å². The third-order valence-corrected chi connectivity index (χ3v) is 6.74. The zero-order valence-corrected chi connectivity index (χ0v) is 20.8. The molecule has 190 valence electrons. The van der Waals surface area contributed by atoms with Crippen molar-refractivity contribution in [2.24, 2.45) is 0 Å². The Morgan fingerprint density at radius 1 is 1.17 bits per heavy atom. The smallest absolute Gasteiger partial charge is 0.224 e. The number of likely N-dealkylation sites (tertiary alicyclic amines) is 1. The van der Waals surface area contributed by atoms with Crippen LogP contribution in [0.1, 0.15) is 56.2 Å². The molecule has 1 aliphatic heterocycles. The molecule has 1 heterocycles. The number of nitrogens with one attached hydrogen (secondary N) is 2. The minimum atomic E-state index is -1.06. The van der Waals surface area contributed by atoms with E-state index < -0.39 is 29.3 Å². The van der Waals surface area contributed by atoms with Crippen LogP contribution in [0.15, 0.2) is 42.5 Å². The number of aliphatic hydroxyl groups excluding tert-OH is 1. The maximum absolute atomic E-state index is 13.7. The van der Waals surface area contributed by atoms with E-state index in [1.54, 1.807) is 11.9 Å². The number of benzene rings is 2. The molecule has 6 nitrogen and oxygen atoms in total. The third kappa shape index (κ3) is 6.86. The number of carbonyl (C=O) groups is 2. The van der Waals surface area contributed by atoms with E-state index in [9.17, 15) is 23.5 Å². The summed E-state index contributed by atoms with van der Waals surface area (Å²) >= 11 is 0. The summed E-state index contributed by atoms with van der Waals surface area (Å²) < 4.78 is 27.4. The third-order valence-electron chi connectivity index (χ3n) is 6.74. The number of aliphatic hydroxyl groups is 1. The topological polar surface area (TPSA) is 81.7 Å². The van der Waals surface area contributed by atoms with Crippen molar-refractivity contribution in [3.8, 4) is 0 Å². The van der Waals surface area contributed by atoms with Crippen LogP contribution in [0, 0.1) is 11.6 Å². The molecule has 2 aromatic rings. The summed E-state index contributed by atoms with van der Waals surface area (Å²) in [5, 5.41) is 17.2. The van der Waals surface area contributed by atoms with Gasteiger partial charge in [-0.2, -0.15) is 0 Å². The lowest BCUT2D eigenvalue weighted by Crippen LogP contribution is -2.56. The van der Waals surface area contributed by atoms with Gasteiger partial charge in [0.2, 0.25) is 11.8 Å². The first-order chi connectivity index (χ1) is 16.5. The molecule has 2 aromatic carbocycles. The minimum absolute atomic E-state index is 0.00170. The molecule has 1 aliphatic rings. The van der Waals surface area contributed by atoms with Gasteiger partial charge >= 0.3 is 0 Å². The molecule has 8 heteroatoms. The zero-order valence-electron chi connectivity index (χ0n) is 20.8. The van der Waals surface area contributed by atoms with Crippen LogP contribution < -0.4 is 10.6 Å². The van der Waals surface area contributed by atoms with E-state index in [1.807, 2.05) is 12.1 Å². The molecule has 3 rings (SSSR count). The standard InChI is InChI=1S/C27H35F2N3O3/c1-17(2)20-6-5-7-21(13-20)27(8-9-32(4)26(35)15-27)30-16-25(34)24(31-18(3)33)12-19-10-22(28)14-23(29)11-19/h5-7,10-11,13-14,17,24-25,30,34H,8-9,12,15-16H2,1-4H3,(H,31,33)/t24-,25+,27+/m0/s1. The Hall–Kier alpha value is -2.84. The summed E-state index contributed by atoms with van der Waals surface area (Å²) in [7, 11) is 1.77. The molecule has 0 unspecified atom stereocenters. The van der Waals surface area contributed by atoms with Crippen molar-refractivity contribution in [1.82, 2.24) is 15.5 Å². The quantitative estimate of drug-likeness (QED) is 0.507. The molecule has 0 saturated carbocycles. The highest BCUT2D eigenvalue weighted by molar-refractivity contribution is 5.78. The van der Waals surface area contributed by atoms with Gasteiger partial charge < -0.3 is 20.6 Å². The van der Waals surface area contributed by atoms with Gasteiger partial charge in [-0.1, -0.05) is 38.1 Å². The number of nitrogens with zero attached hydrogens (tertiary/aromatic N) is 1. The van der Waals surface area contributed by atoms with Crippen molar-refractivity contribution in [3.63, 3.8) is 0 Å². The number of piperidine rings is 1. The average molecular weight is 488 g/mol. The fourth-order valence-electron chi connectivity index (χ4n) is 4.63. The highest BCUT2D eigenvalue weighted by atomic mass is 19.1. The van der Waals surface area contributed by atoms with Gasteiger partial charge in [-0.3, -0.25) is 9.59 Å². The molecule has 1 saturated heterocycles. The number of carbonyl (C=O) groups excluding carboxylic acids is 2. The second kappa shape index (κ2) is 11.3. The predicted octanol–water partition coefficient (Wildman–Crippen LogP) is 3.23. The predicted molar refractivity (Wildman–Crippen MR) is 131 cm³/mol. The molecule has 3 atom stereocenters. The number of amides is 2. The monoisotopic (exact) mass is 487 g/mol. The Labute approximate surface area is 205 Å². The first-order valence-corrected chi connectivity index (χ1v) is 12.0. The van der Waals surface area contributed by atoms with Crippen LogP contribution in [0.4, 0.5) is 8.78 Å². The van der Waals surface area contributed by atoms with Crippen molar-refractivity contribution in [2.45, 2.75) is 63.6 Å². The van der Waals surface area contributed by atoms with Gasteiger partial charge in [0.25, 0.3) is 0 Å². The van der Waals surface area contributed by atoms with Gasteiger partial charge in [-0.05, 0) is 47.6 Å². The van der Waals surface area contributed by atoms with Crippen LogP contribution in [-0.2, 0) is 21.5 Å². The Kier molecular flexibility index (Phi) is 8.61. The summed E-state index contributed by atoms with van der Waals surface area (Å²) in [6.07, 6.45) is -0.124. The summed E-state index contributed by atoms with van der Waals surface area (Å²) in [6, 6.07) is 10.5. The van der Waals surface area contributed by atoms with Crippen molar-refractivity contribution >= 4 is 11.8 Å². The lowest BCUT2D eigenvalue weighted by Gasteiger charge is -2.42. The molecule has 0 spiro atoms. The highest BCUT2D eigenvalue weighted by Crippen LogP contribution is 2.35. The van der Waals surface area contributed by atoms with Gasteiger partial charge in [-0.25, -0.2) is 8.78 Å². The van der Waals surface area contributed by atoms with E-state index in [2.05, 4.69) is 36.6 Å². The lowest BCUT2D eigenvalue weighted by atomic mass is 9.79. The van der Waals surface area contributed by atoms with E-state index in [4.69, 9.17) is 0 Å². The van der Waals surface area contributed by atoms with E-state index in [-0.39, 0.29) is 31.2 Å². The van der Waals surface area contributed by atoms with Gasteiger partial charge in [0.05, 0.1) is 17.7 Å². The largest absolute Gasteiger partial charge is 0.390 e. The Morgan fingerprint density at radius 2 is 1.86 bits per heavy atom. The molecule has 1 fully saturated rings. The van der Waals surface area contributed by atoms with E-state index >= 15 is 0 Å². The van der Waals surface area contributed by atoms with Crippen LogP contribution in [-0.4, -0.2) is 54.1 Å². The van der Waals surface area contributed by atoms with E-state index in [0.717, 1.165) is 17.2 Å². The highest BCUT2D eigenvalue weighted by Gasteiger charge is 2.40. The van der Waals surface area contributed by atoms with Crippen molar-refractivity contribution in [1.29, 1.82) is 0 Å². The molecular weight excluding hydrogens is 452 g/mol. The Balaban J connectivity index is 1.84. The molecule has 0 aromatic heterocycles. The fourth-order valence-corrected chi connectivity index (χ4v) is 4.63. The summed E-state index contributed by atoms with van der Waals surface area (Å²) in [6.45, 7) is 6.18. The van der Waals surface area contributed by atoms with Gasteiger partial charge in [-0.15, -0.1) is 0 Å². The second-order valence-electron chi connectivity index (χ2n) is 9.84. The Bertz CT molecular complexity index is 1040. The van der Waals surface area contributed by atoms with Gasteiger partial charge in [0.1, 0.15) is 11.6 Å². The summed E-state index contributed by atoms with van der Waals surface area (Å²) in [5.41, 5.74) is 1.77. The van der Waals surface area contributed by atoms with Crippen molar-refractivity contribution in [2.75, 3.05) is 20.1 Å². The lowest BCUT2D eigenvalue weighted by molar-refractivity contribution is -0.135. The molecule has 2 amide bonds. The first-order valence-electron chi connectivity index (χ1n) is 12.0. The van der Waals surface area contributed by atoms with E-state index in [1.165, 1.54) is 19.1 Å². The average Bonchev–Trinajstić information content (AvgIpc) is 2.78. The molecule has 0 aliphatic carbocycles. The van der Waals surface area contributed by atoms with Gasteiger partial charge in [0, 0.05) is 39.5 Å². The molecule has 3 N–H and O–H groups in total. The second-order valence-corrected chi connectivity index (χ2v) is 9.84. The van der Waals surface area contributed by atoms with Crippen LogP contribution in [0.3, 0.4) is 0 Å². The first kappa shape index (κ1) is 26.8. The Morgan fingerprint density at radius 3 is 2.46 bits per heavy atom. The molecule has 0 bridgehead atoms.